The first-order chi connectivity index (χ1) is 11.7. The van der Waals surface area contributed by atoms with Crippen LogP contribution in [-0.2, 0) is 6.54 Å². The lowest BCUT2D eigenvalue weighted by molar-refractivity contribution is -0.745. The number of carbonyl (C=O) groups excluding carboxylic acids is 1. The minimum absolute atomic E-state index is 0.135. The number of nitrogens with zero attached hydrogens (tertiary/aromatic N) is 3. The molecule has 0 spiro atoms. The number of amides is 1. The number of nitrogens with one attached hydrogen (secondary N) is 2. The zero-order valence-corrected chi connectivity index (χ0v) is 12.6. The molecule has 1 heterocycles. The molecular formula is C17H14N5O2+. The van der Waals surface area contributed by atoms with Crippen LogP contribution in [-0.4, -0.2) is 15.8 Å². The van der Waals surface area contributed by atoms with Crippen molar-refractivity contribution in [2.45, 2.75) is 6.54 Å². The maximum absolute atomic E-state index is 12.6. The molecule has 0 aliphatic carbocycles. The fraction of sp³-hybridized carbons (Fsp3) is 0.0588. The molecule has 7 nitrogen and oxygen atoms in total. The number of anilines is 1. The molecule has 7 heteroatoms. The number of aromatic nitrogens is 3. The molecule has 0 fully saturated rings. The van der Waals surface area contributed by atoms with E-state index in [0.29, 0.717) is 11.4 Å². The molecule has 24 heavy (non-hydrogen) atoms. The van der Waals surface area contributed by atoms with E-state index in [9.17, 15) is 9.59 Å². The highest BCUT2D eigenvalue weighted by Crippen LogP contribution is 2.06. The first-order valence-corrected chi connectivity index (χ1v) is 7.24. The highest BCUT2D eigenvalue weighted by Gasteiger charge is 2.29. The number of H-pyrrole nitrogens is 1. The number of benzene rings is 2. The van der Waals surface area contributed by atoms with Crippen molar-refractivity contribution in [3.63, 3.8) is 0 Å². The van der Waals surface area contributed by atoms with Crippen LogP contribution in [0.25, 0.3) is 5.69 Å². The van der Waals surface area contributed by atoms with Gasteiger partial charge in [0.1, 0.15) is 6.07 Å². The van der Waals surface area contributed by atoms with Crippen LogP contribution in [0.5, 0.6) is 0 Å². The number of hydrogen-bond acceptors (Lipinski definition) is 3. The molecule has 3 aromatic rings. The predicted octanol–water partition coefficient (Wildman–Crippen LogP) is 1.23. The van der Waals surface area contributed by atoms with Gasteiger partial charge in [-0.1, -0.05) is 46.3 Å². The number of carbonyl (C=O) groups is 1. The maximum Gasteiger partial charge on any atom is 0.411 e. The molecule has 1 amide bonds. The minimum Gasteiger partial charge on any atom is -0.319 e. The van der Waals surface area contributed by atoms with Crippen molar-refractivity contribution in [3.05, 3.63) is 76.7 Å². The van der Waals surface area contributed by atoms with Crippen molar-refractivity contribution in [1.29, 1.82) is 5.26 Å². The lowest BCUT2D eigenvalue weighted by Gasteiger charge is -2.01. The molecular weight excluding hydrogens is 306 g/mol. The van der Waals surface area contributed by atoms with Crippen LogP contribution in [0.1, 0.15) is 10.5 Å². The Morgan fingerprint density at radius 2 is 1.75 bits per heavy atom. The fourth-order valence-electron chi connectivity index (χ4n) is 2.31. The number of hydrogen-bond donors (Lipinski definition) is 2. The van der Waals surface area contributed by atoms with Crippen molar-refractivity contribution >= 4 is 11.6 Å². The van der Waals surface area contributed by atoms with Crippen LogP contribution < -0.4 is 15.6 Å². The van der Waals surface area contributed by atoms with Crippen LogP contribution in [0.4, 0.5) is 5.69 Å². The van der Waals surface area contributed by atoms with Gasteiger partial charge < -0.3 is 5.32 Å². The summed E-state index contributed by atoms with van der Waals surface area (Å²) in [4.78, 5) is 25.1. The summed E-state index contributed by atoms with van der Waals surface area (Å²) in [6, 6.07) is 19.6. The quantitative estimate of drug-likeness (QED) is 0.708. The van der Waals surface area contributed by atoms with Crippen molar-refractivity contribution in [2.75, 3.05) is 5.32 Å². The summed E-state index contributed by atoms with van der Waals surface area (Å²) >= 11 is 0. The highest BCUT2D eigenvalue weighted by atomic mass is 16.2. The van der Waals surface area contributed by atoms with E-state index in [-0.39, 0.29) is 12.2 Å². The third-order valence-electron chi connectivity index (χ3n) is 3.39. The van der Waals surface area contributed by atoms with E-state index < -0.39 is 11.5 Å². The smallest absolute Gasteiger partial charge is 0.319 e. The van der Waals surface area contributed by atoms with E-state index in [0.717, 1.165) is 0 Å². The van der Waals surface area contributed by atoms with Crippen molar-refractivity contribution < 1.29 is 9.48 Å². The summed E-state index contributed by atoms with van der Waals surface area (Å²) in [5, 5.41) is 14.4. The summed E-state index contributed by atoms with van der Waals surface area (Å²) in [5.74, 6) is -0.576. The van der Waals surface area contributed by atoms with E-state index in [4.69, 9.17) is 5.26 Å². The summed E-state index contributed by atoms with van der Waals surface area (Å²) in [6.07, 6.45) is 0. The first-order valence-electron chi connectivity index (χ1n) is 7.24. The summed E-state index contributed by atoms with van der Waals surface area (Å²) in [5.41, 5.74) is 0.486. The van der Waals surface area contributed by atoms with Crippen molar-refractivity contribution in [3.8, 4) is 11.8 Å². The van der Waals surface area contributed by atoms with Crippen LogP contribution in [0.15, 0.2) is 65.5 Å². The molecule has 0 bridgehead atoms. The van der Waals surface area contributed by atoms with E-state index in [1.54, 1.807) is 48.5 Å². The molecule has 0 unspecified atom stereocenters. The van der Waals surface area contributed by atoms with Crippen LogP contribution in [0.2, 0.25) is 0 Å². The number of rotatable bonds is 4. The Morgan fingerprint density at radius 3 is 2.38 bits per heavy atom. The normalized spacial score (nSPS) is 10.1. The summed E-state index contributed by atoms with van der Waals surface area (Å²) in [6.45, 7) is -0.146. The van der Waals surface area contributed by atoms with E-state index >= 15 is 0 Å². The molecule has 0 aliphatic heterocycles. The van der Waals surface area contributed by atoms with Gasteiger partial charge in [0.05, 0.1) is 0 Å². The van der Waals surface area contributed by atoms with Gasteiger partial charge in [0, 0.05) is 5.69 Å². The van der Waals surface area contributed by atoms with Crippen molar-refractivity contribution in [1.82, 2.24) is 9.90 Å². The van der Waals surface area contributed by atoms with Gasteiger partial charge in [-0.15, -0.1) is 4.68 Å². The first kappa shape index (κ1) is 15.2. The molecule has 0 atom stereocenters. The largest absolute Gasteiger partial charge is 0.411 e. The van der Waals surface area contributed by atoms with Crippen LogP contribution >= 0.6 is 0 Å². The van der Waals surface area contributed by atoms with Gasteiger partial charge in [-0.25, -0.2) is 4.79 Å². The zero-order valence-electron chi connectivity index (χ0n) is 12.6. The highest BCUT2D eigenvalue weighted by molar-refractivity contribution is 6.01. The Kier molecular flexibility index (Phi) is 4.21. The topological polar surface area (TPSA) is 94.6 Å². The molecule has 0 saturated carbocycles. The molecule has 0 radical (unpaired) electrons. The summed E-state index contributed by atoms with van der Waals surface area (Å²) < 4.78 is 2.46. The van der Waals surface area contributed by atoms with E-state index in [1.807, 2.05) is 18.2 Å². The van der Waals surface area contributed by atoms with Crippen LogP contribution in [0, 0.1) is 11.3 Å². The molecule has 1 aromatic heterocycles. The monoisotopic (exact) mass is 320 g/mol. The number of aromatic amines is 1. The number of nitriles is 1. The predicted molar refractivity (Wildman–Crippen MR) is 86.6 cm³/mol. The average Bonchev–Trinajstić information content (AvgIpc) is 2.93. The van der Waals surface area contributed by atoms with Gasteiger partial charge in [-0.2, -0.15) is 5.26 Å². The van der Waals surface area contributed by atoms with Gasteiger partial charge in [-0.05, 0) is 24.3 Å². The molecule has 118 valence electrons. The third-order valence-corrected chi connectivity index (χ3v) is 3.39. The Labute approximate surface area is 137 Å². The summed E-state index contributed by atoms with van der Waals surface area (Å²) in [7, 11) is 0. The Balaban J connectivity index is 2.03. The maximum atomic E-state index is 12.6. The number of para-hydroxylation sites is 2. The SMILES string of the molecule is N#CC[n+]1[nH]n(-c2ccccc2)c(=O)c1C(=O)Nc1ccccc1. The Hall–Kier alpha value is -3.66. The van der Waals surface area contributed by atoms with Crippen molar-refractivity contribution in [2.24, 2.45) is 0 Å². The zero-order chi connectivity index (χ0) is 16.9. The molecule has 2 N–H and O–H groups in total. The van der Waals surface area contributed by atoms with Gasteiger partial charge in [0.25, 0.3) is 0 Å². The fourth-order valence-corrected chi connectivity index (χ4v) is 2.31. The van der Waals surface area contributed by atoms with Gasteiger partial charge in [0.15, 0.2) is 12.2 Å². The molecule has 0 aliphatic rings. The van der Waals surface area contributed by atoms with Crippen LogP contribution in [0.3, 0.4) is 0 Å². The van der Waals surface area contributed by atoms with Gasteiger partial charge >= 0.3 is 17.2 Å². The van der Waals surface area contributed by atoms with E-state index in [2.05, 4.69) is 10.5 Å². The Morgan fingerprint density at radius 1 is 1.12 bits per heavy atom. The van der Waals surface area contributed by atoms with Gasteiger partial charge in [-0.3, -0.25) is 4.79 Å². The Bertz CT molecular complexity index is 952. The lowest BCUT2D eigenvalue weighted by atomic mass is 10.3. The second kappa shape index (κ2) is 6.62. The second-order valence-corrected chi connectivity index (χ2v) is 4.99. The standard InChI is InChI=1S/C17H13N5O2/c18-11-12-21-15(16(23)19-13-7-3-1-4-8-13)17(24)22(20-21)14-9-5-2-6-10-14/h1-10H,12H2,(H-,19,20,23,24)/p+1. The minimum atomic E-state index is -0.576. The average molecular weight is 320 g/mol. The second-order valence-electron chi connectivity index (χ2n) is 4.99. The lowest BCUT2D eigenvalue weighted by Crippen LogP contribution is -2.44. The van der Waals surface area contributed by atoms with E-state index in [1.165, 1.54) is 9.36 Å². The third kappa shape index (κ3) is 2.94. The molecule has 0 saturated heterocycles. The molecule has 3 rings (SSSR count). The van der Waals surface area contributed by atoms with Gasteiger partial charge in [0.2, 0.25) is 0 Å². The molecule has 2 aromatic carbocycles.